The first-order valence-electron chi connectivity index (χ1n) is 11.2. The SMILES string of the molecule is C=C(CCNC(=O)c1ccc2c(c1)CCC1(CCCNC1=O)C2)c1ccccc1NC. The quantitative estimate of drug-likeness (QED) is 0.667. The van der Waals surface area contributed by atoms with Crippen molar-refractivity contribution in [2.24, 2.45) is 5.41 Å². The van der Waals surface area contributed by atoms with Crippen molar-refractivity contribution in [3.8, 4) is 0 Å². The third-order valence-corrected chi connectivity index (χ3v) is 6.76. The van der Waals surface area contributed by atoms with E-state index in [-0.39, 0.29) is 17.2 Å². The van der Waals surface area contributed by atoms with E-state index in [9.17, 15) is 9.59 Å². The first kappa shape index (κ1) is 21.2. The van der Waals surface area contributed by atoms with Gasteiger partial charge in [0.25, 0.3) is 5.91 Å². The second-order valence-corrected chi connectivity index (χ2v) is 8.71. The summed E-state index contributed by atoms with van der Waals surface area (Å²) in [4.78, 5) is 25.2. The van der Waals surface area contributed by atoms with Crippen LogP contribution in [-0.2, 0) is 17.6 Å². The van der Waals surface area contributed by atoms with Gasteiger partial charge in [-0.1, -0.05) is 30.8 Å². The van der Waals surface area contributed by atoms with Crippen LogP contribution in [0.5, 0.6) is 0 Å². The molecule has 1 saturated heterocycles. The molecule has 1 unspecified atom stereocenters. The molecule has 3 N–H and O–H groups in total. The highest BCUT2D eigenvalue weighted by Crippen LogP contribution is 2.41. The molecule has 5 heteroatoms. The van der Waals surface area contributed by atoms with Gasteiger partial charge in [0.2, 0.25) is 5.91 Å². The van der Waals surface area contributed by atoms with Crippen molar-refractivity contribution in [3.63, 3.8) is 0 Å². The molecule has 2 amide bonds. The molecule has 1 heterocycles. The van der Waals surface area contributed by atoms with E-state index >= 15 is 0 Å². The number of nitrogens with one attached hydrogen (secondary N) is 3. The van der Waals surface area contributed by atoms with Gasteiger partial charge in [0.15, 0.2) is 0 Å². The molecule has 0 saturated carbocycles. The summed E-state index contributed by atoms with van der Waals surface area (Å²) < 4.78 is 0. The van der Waals surface area contributed by atoms with Crippen LogP contribution in [0.3, 0.4) is 0 Å². The zero-order valence-corrected chi connectivity index (χ0v) is 18.2. The molecule has 4 rings (SSSR count). The predicted molar refractivity (Wildman–Crippen MR) is 125 cm³/mol. The highest BCUT2D eigenvalue weighted by Gasteiger charge is 2.42. The third kappa shape index (κ3) is 4.36. The van der Waals surface area contributed by atoms with E-state index in [0.717, 1.165) is 55.5 Å². The Morgan fingerprint density at radius 2 is 2.00 bits per heavy atom. The summed E-state index contributed by atoms with van der Waals surface area (Å²) in [7, 11) is 1.90. The molecule has 2 aromatic carbocycles. The van der Waals surface area contributed by atoms with Crippen LogP contribution in [0, 0.1) is 5.41 Å². The van der Waals surface area contributed by atoms with Gasteiger partial charge in [0.05, 0.1) is 5.41 Å². The number of hydrogen-bond acceptors (Lipinski definition) is 3. The van der Waals surface area contributed by atoms with Crippen molar-refractivity contribution < 1.29 is 9.59 Å². The molecule has 2 aliphatic rings. The molecule has 0 radical (unpaired) electrons. The zero-order valence-electron chi connectivity index (χ0n) is 18.2. The van der Waals surface area contributed by atoms with Crippen LogP contribution in [0.4, 0.5) is 5.69 Å². The molecule has 0 aromatic heterocycles. The summed E-state index contributed by atoms with van der Waals surface area (Å²) in [6.07, 6.45) is 5.18. The van der Waals surface area contributed by atoms with E-state index in [1.165, 1.54) is 11.1 Å². The predicted octanol–water partition coefficient (Wildman–Crippen LogP) is 3.95. The lowest BCUT2D eigenvalue weighted by Crippen LogP contribution is -2.48. The second kappa shape index (κ2) is 8.96. The fourth-order valence-electron chi connectivity index (χ4n) is 4.91. The summed E-state index contributed by atoms with van der Waals surface area (Å²) in [5.41, 5.74) is 5.95. The number of fused-ring (bicyclic) bond motifs is 1. The Balaban J connectivity index is 1.36. The number of aryl methyl sites for hydroxylation is 1. The topological polar surface area (TPSA) is 70.2 Å². The van der Waals surface area contributed by atoms with Gasteiger partial charge < -0.3 is 16.0 Å². The highest BCUT2D eigenvalue weighted by molar-refractivity contribution is 5.94. The molecule has 1 fully saturated rings. The Hall–Kier alpha value is -3.08. The van der Waals surface area contributed by atoms with Crippen molar-refractivity contribution in [1.29, 1.82) is 0 Å². The maximum Gasteiger partial charge on any atom is 0.251 e. The van der Waals surface area contributed by atoms with Crippen molar-refractivity contribution in [3.05, 3.63) is 71.3 Å². The summed E-state index contributed by atoms with van der Waals surface area (Å²) >= 11 is 0. The molecule has 162 valence electrons. The van der Waals surface area contributed by atoms with E-state index in [0.29, 0.717) is 18.5 Å². The molecule has 2 aromatic rings. The van der Waals surface area contributed by atoms with E-state index in [1.807, 2.05) is 49.5 Å². The number of amides is 2. The lowest BCUT2D eigenvalue weighted by Gasteiger charge is -2.39. The maximum atomic E-state index is 12.7. The van der Waals surface area contributed by atoms with E-state index in [1.54, 1.807) is 0 Å². The number of piperidine rings is 1. The molecule has 1 spiro atoms. The molecular formula is C26H31N3O2. The number of carbonyl (C=O) groups is 2. The summed E-state index contributed by atoms with van der Waals surface area (Å²) in [5, 5.41) is 9.25. The monoisotopic (exact) mass is 417 g/mol. The van der Waals surface area contributed by atoms with Gasteiger partial charge in [-0.15, -0.1) is 0 Å². The number of benzene rings is 2. The average molecular weight is 418 g/mol. The molecule has 5 nitrogen and oxygen atoms in total. The second-order valence-electron chi connectivity index (χ2n) is 8.71. The number of hydrogen-bond donors (Lipinski definition) is 3. The minimum Gasteiger partial charge on any atom is -0.388 e. The number of carbonyl (C=O) groups excluding carboxylic acids is 2. The molecular weight excluding hydrogens is 386 g/mol. The Labute approximate surface area is 184 Å². The van der Waals surface area contributed by atoms with Gasteiger partial charge in [-0.05, 0) is 73.4 Å². The van der Waals surface area contributed by atoms with Crippen molar-refractivity contribution in [2.45, 2.75) is 38.5 Å². The maximum absolute atomic E-state index is 12.7. The fourth-order valence-corrected chi connectivity index (χ4v) is 4.91. The van der Waals surface area contributed by atoms with Crippen molar-refractivity contribution in [1.82, 2.24) is 10.6 Å². The van der Waals surface area contributed by atoms with E-state index < -0.39 is 0 Å². The average Bonchev–Trinajstić information content (AvgIpc) is 2.80. The van der Waals surface area contributed by atoms with E-state index in [2.05, 4.69) is 22.5 Å². The Bertz CT molecular complexity index is 1010. The smallest absolute Gasteiger partial charge is 0.251 e. The number of rotatable bonds is 6. The zero-order chi connectivity index (χ0) is 21.8. The molecule has 1 atom stereocenters. The first-order valence-corrected chi connectivity index (χ1v) is 11.2. The highest BCUT2D eigenvalue weighted by atomic mass is 16.2. The first-order chi connectivity index (χ1) is 15.0. The Kier molecular flexibility index (Phi) is 6.12. The van der Waals surface area contributed by atoms with Crippen molar-refractivity contribution >= 4 is 23.1 Å². The van der Waals surface area contributed by atoms with Gasteiger partial charge in [-0.2, -0.15) is 0 Å². The van der Waals surface area contributed by atoms with Gasteiger partial charge >= 0.3 is 0 Å². The number of anilines is 1. The van der Waals surface area contributed by atoms with Gasteiger partial charge in [0.1, 0.15) is 0 Å². The van der Waals surface area contributed by atoms with Crippen LogP contribution in [0.15, 0.2) is 49.0 Å². The molecule has 1 aliphatic heterocycles. The lowest BCUT2D eigenvalue weighted by atomic mass is 9.67. The summed E-state index contributed by atoms with van der Waals surface area (Å²) in [6.45, 7) is 5.51. The van der Waals surface area contributed by atoms with Crippen LogP contribution in [0.1, 0.15) is 52.7 Å². The van der Waals surface area contributed by atoms with Crippen LogP contribution < -0.4 is 16.0 Å². The summed E-state index contributed by atoms with van der Waals surface area (Å²) in [6, 6.07) is 14.0. The standard InChI is InChI=1S/C26H31N3O2/c1-18(22-6-3-4-7-23(22)27-2)11-15-28-24(30)20-8-9-21-17-26(13-10-19(21)16-20)12-5-14-29-25(26)31/h3-4,6-9,16,27H,1,5,10-15,17H2,2H3,(H,28,30)(H,29,31). The van der Waals surface area contributed by atoms with Crippen molar-refractivity contribution in [2.75, 3.05) is 25.5 Å². The van der Waals surface area contributed by atoms with E-state index in [4.69, 9.17) is 0 Å². The normalized spacial score (nSPS) is 20.0. The fraction of sp³-hybridized carbons (Fsp3) is 0.385. The van der Waals surface area contributed by atoms with Gasteiger partial charge in [-0.3, -0.25) is 9.59 Å². The summed E-state index contributed by atoms with van der Waals surface area (Å²) in [5.74, 6) is 0.138. The van der Waals surface area contributed by atoms with Crippen LogP contribution >= 0.6 is 0 Å². The molecule has 31 heavy (non-hydrogen) atoms. The van der Waals surface area contributed by atoms with Crippen LogP contribution in [0.2, 0.25) is 0 Å². The molecule has 1 aliphatic carbocycles. The Morgan fingerprint density at radius 3 is 2.81 bits per heavy atom. The lowest BCUT2D eigenvalue weighted by molar-refractivity contribution is -0.134. The van der Waals surface area contributed by atoms with Crippen LogP contribution in [-0.4, -0.2) is 32.0 Å². The minimum atomic E-state index is -0.251. The third-order valence-electron chi connectivity index (χ3n) is 6.76. The van der Waals surface area contributed by atoms with Crippen LogP contribution in [0.25, 0.3) is 5.57 Å². The number of para-hydroxylation sites is 1. The van der Waals surface area contributed by atoms with Gasteiger partial charge in [0, 0.05) is 37.0 Å². The molecule has 0 bridgehead atoms. The van der Waals surface area contributed by atoms with Gasteiger partial charge in [-0.25, -0.2) is 0 Å². The Morgan fingerprint density at radius 1 is 1.16 bits per heavy atom. The minimum absolute atomic E-state index is 0.0619. The largest absolute Gasteiger partial charge is 0.388 e.